The van der Waals surface area contributed by atoms with Gasteiger partial charge in [0.1, 0.15) is 5.75 Å². The molecule has 166 valence electrons. The van der Waals surface area contributed by atoms with Gasteiger partial charge in [-0.3, -0.25) is 9.59 Å². The van der Waals surface area contributed by atoms with E-state index in [2.05, 4.69) is 16.4 Å². The second-order valence-electron chi connectivity index (χ2n) is 7.47. The average Bonchev–Trinajstić information content (AvgIpc) is 3.18. The highest BCUT2D eigenvalue weighted by Crippen LogP contribution is 2.31. The second kappa shape index (κ2) is 10.2. The number of carbonyl (C=O) groups is 2. The summed E-state index contributed by atoms with van der Waals surface area (Å²) in [5.41, 5.74) is 4.03. The predicted octanol–water partition coefficient (Wildman–Crippen LogP) is 4.78. The van der Waals surface area contributed by atoms with E-state index in [0.717, 1.165) is 47.0 Å². The smallest absolute Gasteiger partial charge is 0.236 e. The van der Waals surface area contributed by atoms with Crippen LogP contribution in [0, 0.1) is 6.92 Å². The van der Waals surface area contributed by atoms with E-state index in [0.29, 0.717) is 5.13 Å². The summed E-state index contributed by atoms with van der Waals surface area (Å²) < 4.78 is 5.20. The molecule has 2 amide bonds. The Morgan fingerprint density at radius 2 is 1.94 bits per heavy atom. The maximum Gasteiger partial charge on any atom is 0.236 e. The van der Waals surface area contributed by atoms with Crippen molar-refractivity contribution in [3.05, 3.63) is 59.0 Å². The molecule has 0 atom stereocenters. The molecular weight excluding hydrogens is 442 g/mol. The van der Waals surface area contributed by atoms with Crippen LogP contribution in [0.3, 0.4) is 0 Å². The Kier molecular flexibility index (Phi) is 7.12. The summed E-state index contributed by atoms with van der Waals surface area (Å²) in [7, 11) is 1.63. The normalized spacial score (nSPS) is 12.9. The monoisotopic (exact) mass is 467 g/mol. The molecule has 4 rings (SSSR count). The van der Waals surface area contributed by atoms with Crippen LogP contribution in [0.25, 0.3) is 11.3 Å². The Balaban J connectivity index is 1.30. The van der Waals surface area contributed by atoms with Crippen molar-refractivity contribution in [2.75, 3.05) is 35.4 Å². The molecule has 8 heteroatoms. The van der Waals surface area contributed by atoms with Crippen LogP contribution in [0.2, 0.25) is 0 Å². The van der Waals surface area contributed by atoms with Crippen LogP contribution >= 0.6 is 23.1 Å². The maximum atomic E-state index is 12.7. The Hall–Kier alpha value is -2.84. The number of thiazole rings is 1. The lowest BCUT2D eigenvalue weighted by molar-refractivity contribution is -0.116. The Labute approximate surface area is 196 Å². The Morgan fingerprint density at radius 1 is 1.16 bits per heavy atom. The highest BCUT2D eigenvalue weighted by molar-refractivity contribution is 8.00. The summed E-state index contributed by atoms with van der Waals surface area (Å²) in [6.07, 6.45) is 1.97. The zero-order valence-corrected chi connectivity index (χ0v) is 19.7. The molecule has 32 heavy (non-hydrogen) atoms. The SMILES string of the molecule is COc1ccc(-c2nc(NC(=O)CSCC(=O)N3CCCc4ccccc43)sc2C)cc1. The minimum Gasteiger partial charge on any atom is -0.497 e. The van der Waals surface area contributed by atoms with Crippen molar-refractivity contribution >= 4 is 45.7 Å². The predicted molar refractivity (Wildman–Crippen MR) is 132 cm³/mol. The summed E-state index contributed by atoms with van der Waals surface area (Å²) in [5.74, 6) is 1.15. The lowest BCUT2D eigenvalue weighted by atomic mass is 10.0. The zero-order valence-electron chi connectivity index (χ0n) is 18.1. The summed E-state index contributed by atoms with van der Waals surface area (Å²) in [6, 6.07) is 15.7. The number of nitrogens with one attached hydrogen (secondary N) is 1. The van der Waals surface area contributed by atoms with E-state index in [-0.39, 0.29) is 23.3 Å². The highest BCUT2D eigenvalue weighted by Gasteiger charge is 2.22. The molecular formula is C24H25N3O3S2. The van der Waals surface area contributed by atoms with E-state index in [1.807, 2.05) is 54.3 Å². The first-order valence-electron chi connectivity index (χ1n) is 10.4. The van der Waals surface area contributed by atoms with Crippen LogP contribution in [0.1, 0.15) is 16.9 Å². The van der Waals surface area contributed by atoms with E-state index in [1.165, 1.54) is 28.7 Å². The van der Waals surface area contributed by atoms with Gasteiger partial charge in [-0.1, -0.05) is 18.2 Å². The van der Waals surface area contributed by atoms with Crippen molar-refractivity contribution in [2.45, 2.75) is 19.8 Å². The first-order valence-corrected chi connectivity index (χ1v) is 12.4. The number of ether oxygens (including phenoxy) is 1. The quantitative estimate of drug-likeness (QED) is 0.542. The molecule has 0 bridgehead atoms. The number of nitrogens with zero attached hydrogens (tertiary/aromatic N) is 2. The summed E-state index contributed by atoms with van der Waals surface area (Å²) in [4.78, 5) is 32.6. The molecule has 0 saturated carbocycles. The average molecular weight is 468 g/mol. The Bertz CT molecular complexity index is 1110. The molecule has 0 radical (unpaired) electrons. The first kappa shape index (κ1) is 22.4. The standard InChI is InChI=1S/C24H25N3O3S2/c1-16-23(18-9-11-19(30-2)12-10-18)26-24(32-16)25-21(28)14-31-15-22(29)27-13-5-7-17-6-3-4-8-20(17)27/h3-4,6,8-12H,5,7,13-15H2,1-2H3,(H,25,26,28). The topological polar surface area (TPSA) is 71.5 Å². The molecule has 0 fully saturated rings. The number of carbonyl (C=O) groups excluding carboxylic acids is 2. The zero-order chi connectivity index (χ0) is 22.5. The molecule has 0 saturated heterocycles. The minimum absolute atomic E-state index is 0.0434. The van der Waals surface area contributed by atoms with Gasteiger partial charge in [-0.15, -0.1) is 23.1 Å². The van der Waals surface area contributed by atoms with E-state index in [4.69, 9.17) is 4.74 Å². The van der Waals surface area contributed by atoms with Crippen molar-refractivity contribution in [3.63, 3.8) is 0 Å². The molecule has 0 aliphatic carbocycles. The third kappa shape index (κ3) is 5.14. The van der Waals surface area contributed by atoms with Gasteiger partial charge in [-0.05, 0) is 55.7 Å². The number of hydrogen-bond donors (Lipinski definition) is 1. The van der Waals surface area contributed by atoms with Gasteiger partial charge in [0, 0.05) is 22.7 Å². The van der Waals surface area contributed by atoms with E-state index in [9.17, 15) is 9.59 Å². The largest absolute Gasteiger partial charge is 0.497 e. The summed E-state index contributed by atoms with van der Waals surface area (Å²) >= 11 is 2.77. The van der Waals surface area contributed by atoms with Crippen LogP contribution in [-0.2, 0) is 16.0 Å². The fourth-order valence-electron chi connectivity index (χ4n) is 3.72. The number of para-hydroxylation sites is 1. The lowest BCUT2D eigenvalue weighted by Crippen LogP contribution is -2.36. The van der Waals surface area contributed by atoms with Crippen LogP contribution < -0.4 is 15.0 Å². The third-order valence-corrected chi connectivity index (χ3v) is 7.08. The van der Waals surface area contributed by atoms with Gasteiger partial charge in [-0.25, -0.2) is 4.98 Å². The highest BCUT2D eigenvalue weighted by atomic mass is 32.2. The fraction of sp³-hybridized carbons (Fsp3) is 0.292. The Morgan fingerprint density at radius 3 is 2.72 bits per heavy atom. The van der Waals surface area contributed by atoms with Crippen molar-refractivity contribution in [3.8, 4) is 17.0 Å². The molecule has 1 aromatic heterocycles. The number of amides is 2. The van der Waals surface area contributed by atoms with Crippen molar-refractivity contribution in [1.82, 2.24) is 4.98 Å². The van der Waals surface area contributed by atoms with Crippen LogP contribution in [0.15, 0.2) is 48.5 Å². The summed E-state index contributed by atoms with van der Waals surface area (Å²) in [6.45, 7) is 2.71. The van der Waals surface area contributed by atoms with Gasteiger partial charge in [0.15, 0.2) is 5.13 Å². The second-order valence-corrected chi connectivity index (χ2v) is 9.66. The number of aryl methyl sites for hydroxylation is 2. The van der Waals surface area contributed by atoms with E-state index < -0.39 is 0 Å². The minimum atomic E-state index is -0.156. The first-order chi connectivity index (χ1) is 15.5. The number of fused-ring (bicyclic) bond motifs is 1. The van der Waals surface area contributed by atoms with Crippen molar-refractivity contribution < 1.29 is 14.3 Å². The van der Waals surface area contributed by atoms with Gasteiger partial charge in [0.25, 0.3) is 0 Å². The molecule has 2 heterocycles. The fourth-order valence-corrected chi connectivity index (χ4v) is 5.27. The molecule has 0 unspecified atom stereocenters. The molecule has 0 spiro atoms. The van der Waals surface area contributed by atoms with Gasteiger partial charge in [0.05, 0.1) is 24.3 Å². The number of hydrogen-bond acceptors (Lipinski definition) is 6. The molecule has 1 aliphatic heterocycles. The molecule has 1 aliphatic rings. The van der Waals surface area contributed by atoms with Gasteiger partial charge in [0.2, 0.25) is 11.8 Å². The van der Waals surface area contributed by atoms with E-state index >= 15 is 0 Å². The number of benzene rings is 2. The van der Waals surface area contributed by atoms with Crippen molar-refractivity contribution in [2.24, 2.45) is 0 Å². The van der Waals surface area contributed by atoms with Gasteiger partial charge in [-0.2, -0.15) is 0 Å². The lowest BCUT2D eigenvalue weighted by Gasteiger charge is -2.29. The van der Waals surface area contributed by atoms with Crippen LogP contribution in [-0.4, -0.2) is 42.0 Å². The number of thioether (sulfide) groups is 1. The number of anilines is 2. The number of rotatable bonds is 7. The van der Waals surface area contributed by atoms with Gasteiger partial charge < -0.3 is 15.0 Å². The molecule has 3 aromatic rings. The van der Waals surface area contributed by atoms with Crippen LogP contribution in [0.4, 0.5) is 10.8 Å². The molecule has 1 N–H and O–H groups in total. The summed E-state index contributed by atoms with van der Waals surface area (Å²) in [5, 5.41) is 3.43. The van der Waals surface area contributed by atoms with Crippen LogP contribution in [0.5, 0.6) is 5.75 Å². The van der Waals surface area contributed by atoms with Crippen molar-refractivity contribution in [1.29, 1.82) is 0 Å². The number of aromatic nitrogens is 1. The maximum absolute atomic E-state index is 12.7. The number of methoxy groups -OCH3 is 1. The van der Waals surface area contributed by atoms with E-state index in [1.54, 1.807) is 7.11 Å². The third-order valence-electron chi connectivity index (χ3n) is 5.28. The molecule has 2 aromatic carbocycles. The molecule has 6 nitrogen and oxygen atoms in total. The van der Waals surface area contributed by atoms with Gasteiger partial charge >= 0.3 is 0 Å².